The Hall–Kier alpha value is -0.890. The molecule has 0 bridgehead atoms. The SMILES string of the molecule is O=C(O)c1cc2ccc(Oc3c(I)cc(I)cc3I)cc2oc1=O. The Bertz CT molecular complexity index is 1000. The fourth-order valence-electron chi connectivity index (χ4n) is 2.05. The van der Waals surface area contributed by atoms with Crippen LogP contribution in [0.5, 0.6) is 11.5 Å². The number of rotatable bonds is 3. The van der Waals surface area contributed by atoms with E-state index in [-0.39, 0.29) is 5.58 Å². The first-order chi connectivity index (χ1) is 11.3. The van der Waals surface area contributed by atoms with Crippen molar-refractivity contribution in [2.75, 3.05) is 0 Å². The monoisotopic (exact) mass is 660 g/mol. The molecule has 3 rings (SSSR count). The van der Waals surface area contributed by atoms with E-state index >= 15 is 0 Å². The maximum absolute atomic E-state index is 11.7. The van der Waals surface area contributed by atoms with Crippen LogP contribution in [0.25, 0.3) is 11.0 Å². The molecule has 0 spiro atoms. The highest BCUT2D eigenvalue weighted by Gasteiger charge is 2.14. The molecule has 3 aromatic rings. The molecule has 2 aromatic carbocycles. The van der Waals surface area contributed by atoms with Crippen molar-refractivity contribution in [1.29, 1.82) is 0 Å². The van der Waals surface area contributed by atoms with Gasteiger partial charge in [0.2, 0.25) is 0 Å². The summed E-state index contributed by atoms with van der Waals surface area (Å²) in [6.45, 7) is 0. The van der Waals surface area contributed by atoms with Gasteiger partial charge in [0, 0.05) is 15.0 Å². The molecule has 0 atom stereocenters. The number of carboxylic acid groups (broad SMARTS) is 1. The van der Waals surface area contributed by atoms with Gasteiger partial charge in [-0.25, -0.2) is 9.59 Å². The lowest BCUT2D eigenvalue weighted by Gasteiger charge is -2.11. The number of hydrogen-bond acceptors (Lipinski definition) is 4. The third-order valence-electron chi connectivity index (χ3n) is 3.12. The Balaban J connectivity index is 2.05. The number of ether oxygens (including phenoxy) is 1. The summed E-state index contributed by atoms with van der Waals surface area (Å²) in [7, 11) is 0. The fourth-order valence-corrected chi connectivity index (χ4v) is 5.85. The number of hydrogen-bond donors (Lipinski definition) is 1. The van der Waals surface area contributed by atoms with Crippen molar-refractivity contribution in [3.05, 3.63) is 63.1 Å². The van der Waals surface area contributed by atoms with Crippen LogP contribution in [0.1, 0.15) is 10.4 Å². The first-order valence-corrected chi connectivity index (χ1v) is 9.72. The average Bonchev–Trinajstić information content (AvgIpc) is 2.49. The summed E-state index contributed by atoms with van der Waals surface area (Å²) in [4.78, 5) is 22.7. The predicted octanol–water partition coefficient (Wildman–Crippen LogP) is 5.10. The van der Waals surface area contributed by atoms with Gasteiger partial charge in [0.25, 0.3) is 0 Å². The van der Waals surface area contributed by atoms with Crippen LogP contribution in [-0.2, 0) is 0 Å². The maximum atomic E-state index is 11.7. The van der Waals surface area contributed by atoms with Crippen molar-refractivity contribution in [2.24, 2.45) is 0 Å². The minimum Gasteiger partial charge on any atom is -0.477 e. The van der Waals surface area contributed by atoms with Gasteiger partial charge < -0.3 is 14.3 Å². The summed E-state index contributed by atoms with van der Waals surface area (Å²) in [6, 6.07) is 10.2. The van der Waals surface area contributed by atoms with Gasteiger partial charge in [-0.1, -0.05) is 0 Å². The molecule has 0 amide bonds. The van der Waals surface area contributed by atoms with Crippen LogP contribution in [0.2, 0.25) is 0 Å². The van der Waals surface area contributed by atoms with Gasteiger partial charge in [0.1, 0.15) is 16.9 Å². The summed E-state index contributed by atoms with van der Waals surface area (Å²) < 4.78 is 14.1. The second kappa shape index (κ2) is 7.15. The lowest BCUT2D eigenvalue weighted by Crippen LogP contribution is -2.12. The zero-order valence-corrected chi connectivity index (χ0v) is 18.2. The first-order valence-electron chi connectivity index (χ1n) is 6.49. The van der Waals surface area contributed by atoms with Crippen molar-refractivity contribution in [3.8, 4) is 11.5 Å². The van der Waals surface area contributed by atoms with E-state index in [2.05, 4.69) is 67.8 Å². The lowest BCUT2D eigenvalue weighted by molar-refractivity contribution is 0.0692. The van der Waals surface area contributed by atoms with Crippen molar-refractivity contribution in [1.82, 2.24) is 0 Å². The smallest absolute Gasteiger partial charge is 0.351 e. The van der Waals surface area contributed by atoms with Gasteiger partial charge in [0.05, 0.1) is 7.14 Å². The predicted molar refractivity (Wildman–Crippen MR) is 114 cm³/mol. The van der Waals surface area contributed by atoms with E-state index in [0.29, 0.717) is 11.1 Å². The largest absolute Gasteiger partial charge is 0.477 e. The van der Waals surface area contributed by atoms with Gasteiger partial charge >= 0.3 is 11.6 Å². The Morgan fingerprint density at radius 1 is 1.04 bits per heavy atom. The van der Waals surface area contributed by atoms with Crippen molar-refractivity contribution >= 4 is 84.7 Å². The Morgan fingerprint density at radius 3 is 2.33 bits per heavy atom. The fraction of sp³-hybridized carbons (Fsp3) is 0. The molecule has 0 fully saturated rings. The van der Waals surface area contributed by atoms with E-state index in [1.54, 1.807) is 18.2 Å². The molecule has 122 valence electrons. The van der Waals surface area contributed by atoms with Crippen LogP contribution in [0.3, 0.4) is 0 Å². The second-order valence-corrected chi connectivity index (χ2v) is 8.32. The molecule has 1 N–H and O–H groups in total. The Kier molecular flexibility index (Phi) is 5.34. The zero-order valence-electron chi connectivity index (χ0n) is 11.7. The van der Waals surface area contributed by atoms with Gasteiger partial charge in [0.15, 0.2) is 5.75 Å². The highest BCUT2D eigenvalue weighted by Crippen LogP contribution is 2.34. The third-order valence-corrected chi connectivity index (χ3v) is 5.35. The Morgan fingerprint density at radius 2 is 1.71 bits per heavy atom. The van der Waals surface area contributed by atoms with Crippen LogP contribution >= 0.6 is 67.8 Å². The third kappa shape index (κ3) is 3.69. The molecule has 0 radical (unpaired) electrons. The number of benzene rings is 2. The van der Waals surface area contributed by atoms with Gasteiger partial charge in [-0.05, 0) is 98.1 Å². The molecule has 0 aliphatic carbocycles. The highest BCUT2D eigenvalue weighted by atomic mass is 127. The number of carbonyl (C=O) groups is 1. The van der Waals surface area contributed by atoms with Crippen molar-refractivity contribution in [2.45, 2.75) is 0 Å². The molecule has 0 unspecified atom stereocenters. The standard InChI is InChI=1S/C16H7I3O5/c17-8-4-11(18)14(12(19)5-8)23-9-2-1-7-3-10(15(20)21)16(22)24-13(7)6-9/h1-6H,(H,20,21). The molecule has 0 aliphatic rings. The molecule has 24 heavy (non-hydrogen) atoms. The minimum atomic E-state index is -1.31. The molecule has 0 saturated heterocycles. The summed E-state index contributed by atoms with van der Waals surface area (Å²) >= 11 is 6.64. The molecule has 0 aliphatic heterocycles. The van der Waals surface area contributed by atoms with Gasteiger partial charge in [-0.15, -0.1) is 0 Å². The molecule has 8 heteroatoms. The van der Waals surface area contributed by atoms with Crippen LogP contribution < -0.4 is 10.4 Å². The normalized spacial score (nSPS) is 10.8. The second-order valence-electron chi connectivity index (χ2n) is 4.75. The molecule has 1 heterocycles. The summed E-state index contributed by atoms with van der Waals surface area (Å²) in [5.74, 6) is -0.0831. The molecular weight excluding hydrogens is 653 g/mol. The number of carboxylic acids is 1. The average molecular weight is 660 g/mol. The lowest BCUT2D eigenvalue weighted by atomic mass is 10.2. The Labute approximate surface area is 176 Å². The van der Waals surface area contributed by atoms with Gasteiger partial charge in [-0.2, -0.15) is 0 Å². The van der Waals surface area contributed by atoms with E-state index in [1.807, 2.05) is 12.1 Å². The summed E-state index contributed by atoms with van der Waals surface area (Å²) in [5.41, 5.74) is -0.999. The topological polar surface area (TPSA) is 76.7 Å². The molecular formula is C16H7I3O5. The zero-order chi connectivity index (χ0) is 17.4. The van der Waals surface area contributed by atoms with Crippen molar-refractivity contribution < 1.29 is 19.1 Å². The van der Waals surface area contributed by atoms with E-state index in [1.165, 1.54) is 6.07 Å². The van der Waals surface area contributed by atoms with E-state index in [4.69, 9.17) is 14.3 Å². The molecule has 5 nitrogen and oxygen atoms in total. The van der Waals surface area contributed by atoms with Crippen LogP contribution in [0, 0.1) is 10.7 Å². The highest BCUT2D eigenvalue weighted by molar-refractivity contribution is 14.1. The minimum absolute atomic E-state index is 0.276. The molecule has 0 saturated carbocycles. The quantitative estimate of drug-likeness (QED) is 0.313. The van der Waals surface area contributed by atoms with E-state index in [0.717, 1.165) is 16.5 Å². The number of fused-ring (bicyclic) bond motifs is 1. The van der Waals surface area contributed by atoms with Crippen LogP contribution in [0.4, 0.5) is 0 Å². The van der Waals surface area contributed by atoms with Crippen molar-refractivity contribution in [3.63, 3.8) is 0 Å². The van der Waals surface area contributed by atoms with Gasteiger partial charge in [-0.3, -0.25) is 0 Å². The first kappa shape index (κ1) is 17.9. The maximum Gasteiger partial charge on any atom is 0.351 e. The number of aromatic carboxylic acids is 1. The van der Waals surface area contributed by atoms with Crippen LogP contribution in [0.15, 0.2) is 45.6 Å². The summed E-state index contributed by atoms with van der Waals surface area (Å²) in [6.07, 6.45) is 0. The molecule has 1 aromatic heterocycles. The summed E-state index contributed by atoms with van der Waals surface area (Å²) in [5, 5.41) is 9.49. The number of halogens is 3. The van der Waals surface area contributed by atoms with E-state index < -0.39 is 17.2 Å². The van der Waals surface area contributed by atoms with E-state index in [9.17, 15) is 9.59 Å². The van der Waals surface area contributed by atoms with Crippen LogP contribution in [-0.4, -0.2) is 11.1 Å².